The van der Waals surface area contributed by atoms with Crippen LogP contribution < -0.4 is 0 Å². The van der Waals surface area contributed by atoms with Gasteiger partial charge >= 0.3 is 10.4 Å². The molecule has 0 unspecified atom stereocenters. The van der Waals surface area contributed by atoms with Gasteiger partial charge in [-0.3, -0.25) is 14.1 Å². The van der Waals surface area contributed by atoms with Crippen molar-refractivity contribution >= 4 is 22.0 Å². The van der Waals surface area contributed by atoms with Gasteiger partial charge in [-0.25, -0.2) is 4.18 Å². The Labute approximate surface area is 175 Å². The lowest BCUT2D eigenvalue weighted by Crippen LogP contribution is -2.61. The van der Waals surface area contributed by atoms with Gasteiger partial charge in [0.05, 0.1) is 6.10 Å². The van der Waals surface area contributed by atoms with Crippen LogP contribution in [0.3, 0.4) is 0 Å². The fourth-order valence-corrected chi connectivity index (χ4v) is 7.29. The van der Waals surface area contributed by atoms with Crippen LogP contribution in [0.1, 0.15) is 46.0 Å². The van der Waals surface area contributed by atoms with Gasteiger partial charge in [0.25, 0.3) is 0 Å². The summed E-state index contributed by atoms with van der Waals surface area (Å²) in [5.41, 5.74) is -2.22. The first kappa shape index (κ1) is 21.8. The molecule has 3 N–H and O–H groups in total. The van der Waals surface area contributed by atoms with E-state index in [0.717, 1.165) is 12.0 Å². The first-order valence-electron chi connectivity index (χ1n) is 10.3. The quantitative estimate of drug-likeness (QED) is 0.558. The van der Waals surface area contributed by atoms with E-state index in [2.05, 4.69) is 4.18 Å². The van der Waals surface area contributed by atoms with Crippen LogP contribution in [-0.2, 0) is 24.2 Å². The molecule has 0 radical (unpaired) electrons. The van der Waals surface area contributed by atoms with Gasteiger partial charge in [-0.05, 0) is 56.1 Å². The maximum Gasteiger partial charge on any atom is 0.397 e. The van der Waals surface area contributed by atoms with Crippen molar-refractivity contribution in [1.82, 2.24) is 0 Å². The molecule has 0 spiro atoms. The van der Waals surface area contributed by atoms with Crippen molar-refractivity contribution in [2.24, 2.45) is 28.6 Å². The van der Waals surface area contributed by atoms with Crippen LogP contribution >= 0.6 is 0 Å². The summed E-state index contributed by atoms with van der Waals surface area (Å²) < 4.78 is 34.8. The Hall–Kier alpha value is -1.39. The van der Waals surface area contributed by atoms with Crippen LogP contribution in [0.5, 0.6) is 0 Å². The van der Waals surface area contributed by atoms with Crippen molar-refractivity contribution in [2.75, 3.05) is 6.61 Å². The Kier molecular flexibility index (Phi) is 4.95. The molecule has 4 rings (SSSR count). The molecule has 4 aliphatic carbocycles. The third-order valence-corrected chi connectivity index (χ3v) is 8.86. The third kappa shape index (κ3) is 3.05. The molecule has 30 heavy (non-hydrogen) atoms. The van der Waals surface area contributed by atoms with Crippen LogP contribution in [0.2, 0.25) is 0 Å². The van der Waals surface area contributed by atoms with Gasteiger partial charge in [0.1, 0.15) is 12.2 Å². The smallest absolute Gasteiger partial charge is 0.393 e. The lowest BCUT2D eigenvalue weighted by molar-refractivity contribution is -0.178. The van der Waals surface area contributed by atoms with Crippen LogP contribution in [0.25, 0.3) is 0 Å². The minimum Gasteiger partial charge on any atom is -0.393 e. The average molecular weight is 441 g/mol. The Balaban J connectivity index is 1.66. The summed E-state index contributed by atoms with van der Waals surface area (Å²) in [7, 11) is -4.80. The second kappa shape index (κ2) is 6.80. The van der Waals surface area contributed by atoms with Gasteiger partial charge < -0.3 is 10.2 Å². The van der Waals surface area contributed by atoms with E-state index in [1.54, 1.807) is 19.1 Å². The van der Waals surface area contributed by atoms with Crippen molar-refractivity contribution in [1.29, 1.82) is 0 Å². The number of allylic oxidation sites excluding steroid dienone is 4. The topological polar surface area (TPSA) is 138 Å². The molecular formula is C21H28O8S. The summed E-state index contributed by atoms with van der Waals surface area (Å²) in [6.45, 7) is 2.87. The highest BCUT2D eigenvalue weighted by Gasteiger charge is 2.68. The van der Waals surface area contributed by atoms with E-state index in [1.807, 2.05) is 13.0 Å². The normalized spacial score (nSPS) is 45.4. The molecule has 0 aromatic rings. The molecule has 8 nitrogen and oxygen atoms in total. The minimum atomic E-state index is -4.80. The maximum atomic E-state index is 12.8. The number of Topliss-reactive ketones (excluding diaryl/α,β-unsaturated/α-hetero) is 1. The molecule has 166 valence electrons. The molecule has 0 bridgehead atoms. The number of ketones is 2. The molecule has 0 saturated heterocycles. The molecule has 7 atom stereocenters. The first-order valence-corrected chi connectivity index (χ1v) is 11.7. The average Bonchev–Trinajstić information content (AvgIpc) is 2.91. The molecule has 0 aliphatic heterocycles. The van der Waals surface area contributed by atoms with Crippen molar-refractivity contribution in [3.05, 3.63) is 23.8 Å². The SMILES string of the molecule is C[C@]12C=CC(=O)C=C1CC[C@@H]1[C@@H]2[C@@H](O)C[C@@]2(C)[C@H]1CC[C@]2(O)C(=O)COS(=O)(=O)O. The molecule has 0 aromatic heterocycles. The van der Waals surface area contributed by atoms with Gasteiger partial charge in [0, 0.05) is 16.7 Å². The first-order chi connectivity index (χ1) is 13.8. The fourth-order valence-electron chi connectivity index (χ4n) is 7.04. The predicted molar refractivity (Wildman–Crippen MR) is 105 cm³/mol. The lowest BCUT2D eigenvalue weighted by atomic mass is 9.46. The number of aliphatic hydroxyl groups excluding tert-OH is 1. The third-order valence-electron chi connectivity index (χ3n) is 8.45. The highest BCUT2D eigenvalue weighted by molar-refractivity contribution is 7.80. The largest absolute Gasteiger partial charge is 0.397 e. The van der Waals surface area contributed by atoms with E-state index in [-0.39, 0.29) is 36.4 Å². The second-order valence-electron chi connectivity index (χ2n) is 9.72. The van der Waals surface area contributed by atoms with Crippen molar-refractivity contribution in [2.45, 2.75) is 57.7 Å². The summed E-state index contributed by atoms with van der Waals surface area (Å²) in [5.74, 6) is -0.984. The number of rotatable bonds is 4. The number of hydrogen-bond acceptors (Lipinski definition) is 7. The number of carbonyl (C=O) groups excluding carboxylic acids is 2. The molecule has 3 fully saturated rings. The molecular weight excluding hydrogens is 412 g/mol. The molecule has 3 saturated carbocycles. The molecule has 0 aromatic carbocycles. The second-order valence-corrected chi connectivity index (χ2v) is 10.8. The molecule has 0 heterocycles. The summed E-state index contributed by atoms with van der Waals surface area (Å²) in [5, 5.41) is 22.6. The highest BCUT2D eigenvalue weighted by Crippen LogP contribution is 2.67. The molecule has 9 heteroatoms. The van der Waals surface area contributed by atoms with Gasteiger partial charge in [-0.2, -0.15) is 8.42 Å². The van der Waals surface area contributed by atoms with E-state index >= 15 is 0 Å². The number of hydrogen-bond donors (Lipinski definition) is 3. The maximum absolute atomic E-state index is 12.8. The van der Waals surface area contributed by atoms with E-state index in [4.69, 9.17) is 4.55 Å². The van der Waals surface area contributed by atoms with Crippen LogP contribution in [-0.4, -0.2) is 53.1 Å². The van der Waals surface area contributed by atoms with Gasteiger partial charge in [-0.15, -0.1) is 0 Å². The van der Waals surface area contributed by atoms with E-state index < -0.39 is 45.3 Å². The van der Waals surface area contributed by atoms with Crippen LogP contribution in [0.15, 0.2) is 23.8 Å². The summed E-state index contributed by atoms with van der Waals surface area (Å²) in [6, 6.07) is 0. The van der Waals surface area contributed by atoms with Crippen molar-refractivity contribution < 1.29 is 37.0 Å². The van der Waals surface area contributed by atoms with Gasteiger partial charge in [-0.1, -0.05) is 25.5 Å². The summed E-state index contributed by atoms with van der Waals surface area (Å²) in [4.78, 5) is 24.6. The number of carbonyl (C=O) groups is 2. The Morgan fingerprint density at radius 2 is 2.00 bits per heavy atom. The van der Waals surface area contributed by atoms with E-state index in [9.17, 15) is 28.2 Å². The van der Waals surface area contributed by atoms with Crippen LogP contribution in [0, 0.1) is 28.6 Å². The van der Waals surface area contributed by atoms with E-state index in [0.29, 0.717) is 12.8 Å². The fraction of sp³-hybridized carbons (Fsp3) is 0.714. The Morgan fingerprint density at radius 3 is 2.67 bits per heavy atom. The standard InChI is InChI=1S/C21H28O8S/c1-19-7-5-13(22)9-12(19)3-4-14-15-6-8-21(25,17(24)11-29-30(26,27)28)20(15,2)10-16(23)18(14)19/h5,7,9,14-16,18,23,25H,3-4,6,8,10-11H2,1-2H3,(H,26,27,28)/t14-,15-,16-,18+,19-,20-,21-/m0/s1. The van der Waals surface area contributed by atoms with Gasteiger partial charge in [0.15, 0.2) is 11.6 Å². The summed E-state index contributed by atoms with van der Waals surface area (Å²) >= 11 is 0. The Bertz CT molecular complexity index is 952. The zero-order chi connectivity index (χ0) is 22.1. The lowest BCUT2D eigenvalue weighted by Gasteiger charge is -2.59. The number of fused-ring (bicyclic) bond motifs is 5. The van der Waals surface area contributed by atoms with Gasteiger partial charge in [0.2, 0.25) is 0 Å². The highest BCUT2D eigenvalue weighted by atomic mass is 32.3. The van der Waals surface area contributed by atoms with Crippen LogP contribution in [0.4, 0.5) is 0 Å². The number of aliphatic hydroxyl groups is 2. The predicted octanol–water partition coefficient (Wildman–Crippen LogP) is 1.38. The Morgan fingerprint density at radius 1 is 1.30 bits per heavy atom. The molecule has 0 amide bonds. The zero-order valence-electron chi connectivity index (χ0n) is 17.1. The monoisotopic (exact) mass is 440 g/mol. The van der Waals surface area contributed by atoms with Crippen molar-refractivity contribution in [3.8, 4) is 0 Å². The zero-order valence-corrected chi connectivity index (χ0v) is 17.9. The molecule has 4 aliphatic rings. The van der Waals surface area contributed by atoms with E-state index in [1.165, 1.54) is 0 Å². The van der Waals surface area contributed by atoms with Crippen molar-refractivity contribution in [3.63, 3.8) is 0 Å². The minimum absolute atomic E-state index is 0.0445. The summed E-state index contributed by atoms with van der Waals surface area (Å²) in [6.07, 6.45) is 6.65.